The van der Waals surface area contributed by atoms with Gasteiger partial charge in [0.25, 0.3) is 0 Å². The average Bonchev–Trinajstić information content (AvgIpc) is 3.00. The van der Waals surface area contributed by atoms with E-state index in [-0.39, 0.29) is 6.10 Å². The molecule has 1 aromatic carbocycles. The molecular weight excluding hydrogens is 302 g/mol. The van der Waals surface area contributed by atoms with Crippen molar-refractivity contribution in [3.8, 4) is 5.75 Å². The molecule has 24 heavy (non-hydrogen) atoms. The average molecular weight is 329 g/mol. The summed E-state index contributed by atoms with van der Waals surface area (Å²) in [5.74, 6) is 1.77. The first-order valence-electron chi connectivity index (χ1n) is 8.75. The fraction of sp³-hybridized carbons (Fsp3) is 0.526. The Balaban J connectivity index is 1.51. The minimum atomic E-state index is -0.103. The zero-order chi connectivity index (χ0) is 16.9. The van der Waals surface area contributed by atoms with Crippen LogP contribution in [-0.2, 0) is 13.7 Å². The van der Waals surface area contributed by atoms with Gasteiger partial charge in [0.2, 0.25) is 0 Å². The molecule has 0 radical (unpaired) electrons. The second-order valence-corrected chi connectivity index (χ2v) is 6.71. The van der Waals surface area contributed by atoms with Gasteiger partial charge in [-0.1, -0.05) is 12.1 Å². The van der Waals surface area contributed by atoms with Crippen LogP contribution in [0.15, 0.2) is 36.7 Å². The van der Waals surface area contributed by atoms with E-state index < -0.39 is 0 Å². The molecule has 1 saturated carbocycles. The predicted molar refractivity (Wildman–Crippen MR) is 93.8 cm³/mol. The molecule has 1 aliphatic rings. The van der Waals surface area contributed by atoms with E-state index in [1.165, 1.54) is 5.56 Å². The van der Waals surface area contributed by atoms with Crippen LogP contribution in [0.1, 0.15) is 50.0 Å². The highest BCUT2D eigenvalue weighted by atomic mass is 16.5. The SMILES string of the molecule is CC(NC1CCC(O)CC1)c1ccc(OCc2nccn2C)cc1. The summed E-state index contributed by atoms with van der Waals surface area (Å²) in [6, 6.07) is 9.06. The zero-order valence-corrected chi connectivity index (χ0v) is 14.5. The van der Waals surface area contributed by atoms with Crippen LogP contribution in [0, 0.1) is 0 Å². The summed E-state index contributed by atoms with van der Waals surface area (Å²) in [5.41, 5.74) is 1.26. The number of hydrogen-bond acceptors (Lipinski definition) is 4. The Morgan fingerprint density at radius 3 is 2.58 bits per heavy atom. The van der Waals surface area contributed by atoms with E-state index in [2.05, 4.69) is 29.4 Å². The van der Waals surface area contributed by atoms with Crippen molar-refractivity contribution in [1.82, 2.24) is 14.9 Å². The largest absolute Gasteiger partial charge is 0.486 e. The van der Waals surface area contributed by atoms with Gasteiger partial charge in [-0.15, -0.1) is 0 Å². The van der Waals surface area contributed by atoms with Crippen molar-refractivity contribution in [2.24, 2.45) is 7.05 Å². The third-order valence-corrected chi connectivity index (χ3v) is 4.85. The molecule has 1 heterocycles. The van der Waals surface area contributed by atoms with Gasteiger partial charge in [0, 0.05) is 31.5 Å². The highest BCUT2D eigenvalue weighted by Crippen LogP contribution is 2.23. The number of hydrogen-bond donors (Lipinski definition) is 2. The van der Waals surface area contributed by atoms with Crippen LogP contribution in [-0.4, -0.2) is 26.8 Å². The van der Waals surface area contributed by atoms with Crippen LogP contribution >= 0.6 is 0 Å². The summed E-state index contributed by atoms with van der Waals surface area (Å²) in [6.07, 6.45) is 7.51. The molecule has 0 saturated heterocycles. The quantitative estimate of drug-likeness (QED) is 0.855. The van der Waals surface area contributed by atoms with Crippen molar-refractivity contribution in [2.75, 3.05) is 0 Å². The Bertz CT molecular complexity index is 630. The van der Waals surface area contributed by atoms with Crippen LogP contribution < -0.4 is 10.1 Å². The van der Waals surface area contributed by atoms with E-state index >= 15 is 0 Å². The van der Waals surface area contributed by atoms with Gasteiger partial charge in [0.1, 0.15) is 18.2 Å². The maximum absolute atomic E-state index is 9.60. The minimum Gasteiger partial charge on any atom is -0.486 e. The number of aromatic nitrogens is 2. The Morgan fingerprint density at radius 2 is 1.96 bits per heavy atom. The van der Waals surface area contributed by atoms with Gasteiger partial charge in [-0.05, 0) is 50.3 Å². The Kier molecular flexibility index (Phi) is 5.53. The molecule has 2 N–H and O–H groups in total. The summed E-state index contributed by atoms with van der Waals surface area (Å²) in [7, 11) is 1.96. The molecule has 1 aliphatic carbocycles. The van der Waals surface area contributed by atoms with Gasteiger partial charge >= 0.3 is 0 Å². The van der Waals surface area contributed by atoms with E-state index in [0.29, 0.717) is 18.7 Å². The van der Waals surface area contributed by atoms with Gasteiger partial charge in [-0.2, -0.15) is 0 Å². The molecule has 1 atom stereocenters. The van der Waals surface area contributed by atoms with Crippen molar-refractivity contribution >= 4 is 0 Å². The number of aliphatic hydroxyl groups is 1. The van der Waals surface area contributed by atoms with Crippen LogP contribution in [0.25, 0.3) is 0 Å². The van der Waals surface area contributed by atoms with Crippen molar-refractivity contribution in [3.63, 3.8) is 0 Å². The molecule has 2 aromatic rings. The lowest BCUT2D eigenvalue weighted by Crippen LogP contribution is -2.36. The topological polar surface area (TPSA) is 59.3 Å². The fourth-order valence-electron chi connectivity index (χ4n) is 3.23. The second-order valence-electron chi connectivity index (χ2n) is 6.71. The molecule has 0 bridgehead atoms. The molecule has 3 rings (SSSR count). The third-order valence-electron chi connectivity index (χ3n) is 4.85. The maximum Gasteiger partial charge on any atom is 0.146 e. The van der Waals surface area contributed by atoms with Gasteiger partial charge < -0.3 is 19.7 Å². The third kappa shape index (κ3) is 4.36. The Labute approximate surface area is 143 Å². The van der Waals surface area contributed by atoms with Crippen LogP contribution in [0.3, 0.4) is 0 Å². The molecule has 0 spiro atoms. The number of nitrogens with one attached hydrogen (secondary N) is 1. The first-order valence-corrected chi connectivity index (χ1v) is 8.75. The number of aliphatic hydroxyl groups excluding tert-OH is 1. The minimum absolute atomic E-state index is 0.103. The summed E-state index contributed by atoms with van der Waals surface area (Å²) in [4.78, 5) is 4.26. The lowest BCUT2D eigenvalue weighted by molar-refractivity contribution is 0.114. The summed E-state index contributed by atoms with van der Waals surface area (Å²) in [6.45, 7) is 2.66. The number of aryl methyl sites for hydroxylation is 1. The molecule has 1 aromatic heterocycles. The number of nitrogens with zero attached hydrogens (tertiary/aromatic N) is 2. The van der Waals surface area contributed by atoms with Gasteiger partial charge in [0.05, 0.1) is 6.10 Å². The normalized spacial score (nSPS) is 22.3. The van der Waals surface area contributed by atoms with Crippen molar-refractivity contribution < 1.29 is 9.84 Å². The molecule has 0 amide bonds. The molecule has 1 unspecified atom stereocenters. The van der Waals surface area contributed by atoms with Crippen LogP contribution in [0.4, 0.5) is 0 Å². The lowest BCUT2D eigenvalue weighted by atomic mass is 9.92. The lowest BCUT2D eigenvalue weighted by Gasteiger charge is -2.29. The number of ether oxygens (including phenoxy) is 1. The predicted octanol–water partition coefficient (Wildman–Crippen LogP) is 2.95. The molecule has 5 heteroatoms. The summed E-state index contributed by atoms with van der Waals surface area (Å²) < 4.78 is 7.76. The highest BCUT2D eigenvalue weighted by molar-refractivity contribution is 5.29. The number of rotatable bonds is 6. The van der Waals surface area contributed by atoms with Crippen LogP contribution in [0.2, 0.25) is 0 Å². The molecular formula is C19H27N3O2. The van der Waals surface area contributed by atoms with E-state index in [4.69, 9.17) is 4.74 Å². The summed E-state index contributed by atoms with van der Waals surface area (Å²) >= 11 is 0. The van der Waals surface area contributed by atoms with E-state index in [0.717, 1.165) is 37.3 Å². The van der Waals surface area contributed by atoms with E-state index in [1.54, 1.807) is 6.20 Å². The second kappa shape index (κ2) is 7.81. The van der Waals surface area contributed by atoms with E-state index in [1.807, 2.05) is 29.9 Å². The van der Waals surface area contributed by atoms with Crippen molar-refractivity contribution in [1.29, 1.82) is 0 Å². The highest BCUT2D eigenvalue weighted by Gasteiger charge is 2.20. The zero-order valence-electron chi connectivity index (χ0n) is 14.5. The smallest absolute Gasteiger partial charge is 0.146 e. The number of imidazole rings is 1. The standard InChI is InChI=1S/C19H27N3O2/c1-14(21-16-5-7-17(23)8-6-16)15-3-9-18(10-4-15)24-13-19-20-11-12-22(19)2/h3-4,9-12,14,16-17,21,23H,5-8,13H2,1-2H3. The molecule has 5 nitrogen and oxygen atoms in total. The maximum atomic E-state index is 9.60. The number of benzene rings is 1. The fourth-order valence-corrected chi connectivity index (χ4v) is 3.23. The van der Waals surface area contributed by atoms with Gasteiger partial charge in [-0.25, -0.2) is 4.98 Å². The van der Waals surface area contributed by atoms with E-state index in [9.17, 15) is 5.11 Å². The van der Waals surface area contributed by atoms with Crippen LogP contribution in [0.5, 0.6) is 5.75 Å². The van der Waals surface area contributed by atoms with Crippen molar-refractivity contribution in [3.05, 3.63) is 48.0 Å². The van der Waals surface area contributed by atoms with Crippen molar-refractivity contribution in [2.45, 2.75) is 57.4 Å². The first kappa shape index (κ1) is 17.0. The molecule has 1 fully saturated rings. The summed E-state index contributed by atoms with van der Waals surface area (Å²) in [5, 5.41) is 13.3. The molecule has 0 aliphatic heterocycles. The Morgan fingerprint density at radius 1 is 1.25 bits per heavy atom. The van der Waals surface area contributed by atoms with Gasteiger partial charge in [0.15, 0.2) is 0 Å². The first-order chi connectivity index (χ1) is 11.6. The monoisotopic (exact) mass is 329 g/mol. The Hall–Kier alpha value is -1.85. The molecule has 130 valence electrons. The van der Waals surface area contributed by atoms with Gasteiger partial charge in [-0.3, -0.25) is 0 Å².